The van der Waals surface area contributed by atoms with Gasteiger partial charge in [0.1, 0.15) is 5.82 Å². The highest BCUT2D eigenvalue weighted by molar-refractivity contribution is 5.86. The lowest BCUT2D eigenvalue weighted by Gasteiger charge is -2.28. The zero-order chi connectivity index (χ0) is 21.6. The molecule has 3 aromatic rings. The van der Waals surface area contributed by atoms with E-state index in [1.54, 1.807) is 35.3 Å². The quantitative estimate of drug-likeness (QED) is 0.533. The third kappa shape index (κ3) is 3.70. The fraction of sp³-hybridized carbons (Fsp3) is 0.429. The van der Waals surface area contributed by atoms with E-state index < -0.39 is 18.8 Å². The van der Waals surface area contributed by atoms with Crippen molar-refractivity contribution in [3.05, 3.63) is 42.6 Å². The third-order valence-corrected chi connectivity index (χ3v) is 5.79. The summed E-state index contributed by atoms with van der Waals surface area (Å²) in [6.07, 6.45) is 2.38. The first-order valence-electron chi connectivity index (χ1n) is 10.3. The van der Waals surface area contributed by atoms with Gasteiger partial charge in [-0.15, -0.1) is 0 Å². The number of carbonyl (C=O) groups is 1. The van der Waals surface area contributed by atoms with Crippen molar-refractivity contribution in [2.45, 2.75) is 57.2 Å². The van der Waals surface area contributed by atoms with Crippen LogP contribution in [-0.4, -0.2) is 44.2 Å². The Labute approximate surface area is 176 Å². The topological polar surface area (TPSA) is 67.2 Å². The zero-order valence-corrected chi connectivity index (χ0v) is 16.7. The number of fused-ring (bicyclic) bond motifs is 2. The number of halogens is 3. The van der Waals surface area contributed by atoms with Crippen LogP contribution in [0.4, 0.5) is 24.5 Å². The molecular weight excluding hydrogens is 409 g/mol. The molecule has 2 aliphatic rings. The van der Waals surface area contributed by atoms with Gasteiger partial charge in [0.2, 0.25) is 0 Å². The molecule has 0 spiro atoms. The monoisotopic (exact) mass is 430 g/mol. The lowest BCUT2D eigenvalue weighted by atomic mass is 10.3. The molecule has 5 rings (SSSR count). The fourth-order valence-corrected chi connectivity index (χ4v) is 4.30. The molecule has 0 saturated heterocycles. The Morgan fingerprint density at radius 3 is 2.74 bits per heavy atom. The third-order valence-electron chi connectivity index (χ3n) is 5.79. The lowest BCUT2D eigenvalue weighted by Crippen LogP contribution is -2.45. The van der Waals surface area contributed by atoms with Gasteiger partial charge in [0.15, 0.2) is 18.1 Å². The van der Waals surface area contributed by atoms with E-state index in [1.165, 1.54) is 0 Å². The smallest absolute Gasteiger partial charge is 0.340 e. The van der Waals surface area contributed by atoms with Crippen LogP contribution in [0, 0.1) is 0 Å². The number of aryl methyl sites for hydroxylation is 1. The van der Waals surface area contributed by atoms with Crippen molar-refractivity contribution in [1.29, 1.82) is 0 Å². The molecule has 1 aliphatic heterocycles. The van der Waals surface area contributed by atoms with Crippen molar-refractivity contribution in [2.75, 3.05) is 9.80 Å². The van der Waals surface area contributed by atoms with E-state index in [-0.39, 0.29) is 19.5 Å². The number of carbonyl (C=O) groups excluding carboxylic acids is 1. The first kappa shape index (κ1) is 19.8. The number of anilines is 2. The number of alkyl halides is 3. The van der Waals surface area contributed by atoms with Gasteiger partial charge in [0, 0.05) is 31.4 Å². The molecule has 1 saturated carbocycles. The van der Waals surface area contributed by atoms with Crippen molar-refractivity contribution >= 4 is 28.8 Å². The van der Waals surface area contributed by atoms with Crippen LogP contribution in [0.25, 0.3) is 11.2 Å². The molecule has 1 aliphatic carbocycles. The van der Waals surface area contributed by atoms with Gasteiger partial charge in [0.05, 0.1) is 29.6 Å². The molecule has 3 aromatic heterocycles. The van der Waals surface area contributed by atoms with Gasteiger partial charge in [-0.1, -0.05) is 0 Å². The molecule has 7 nitrogen and oxygen atoms in total. The highest BCUT2D eigenvalue weighted by atomic mass is 19.4. The predicted octanol–water partition coefficient (Wildman–Crippen LogP) is 3.68. The first-order chi connectivity index (χ1) is 15.0. The van der Waals surface area contributed by atoms with Gasteiger partial charge in [-0.3, -0.25) is 9.78 Å². The van der Waals surface area contributed by atoms with Gasteiger partial charge in [-0.05, 0) is 37.5 Å². The van der Waals surface area contributed by atoms with Crippen LogP contribution < -0.4 is 9.80 Å². The van der Waals surface area contributed by atoms with Crippen molar-refractivity contribution < 1.29 is 18.0 Å². The van der Waals surface area contributed by atoms with E-state index in [9.17, 15) is 18.0 Å². The molecule has 0 N–H and O–H groups in total. The van der Waals surface area contributed by atoms with Crippen LogP contribution in [0.3, 0.4) is 0 Å². The minimum absolute atomic E-state index is 0.0553. The summed E-state index contributed by atoms with van der Waals surface area (Å²) in [5.41, 5.74) is 2.95. The standard InChI is InChI=1S/C21H21F3N6O/c22-21(23,24)7-2-10-28-16-3-1-8-26-20(16)27-18(28)12-29-17-11-25-9-6-15(17)30(14-4-5-14)19(29)13-31/h1,3,6,8-9,11,13-14,19H,2,4-5,7,10,12H2. The van der Waals surface area contributed by atoms with Crippen molar-refractivity contribution in [1.82, 2.24) is 19.5 Å². The Balaban J connectivity index is 1.49. The van der Waals surface area contributed by atoms with Crippen molar-refractivity contribution in [2.24, 2.45) is 0 Å². The van der Waals surface area contributed by atoms with Gasteiger partial charge in [0.25, 0.3) is 0 Å². The van der Waals surface area contributed by atoms with E-state index in [4.69, 9.17) is 0 Å². The fourth-order valence-electron chi connectivity index (χ4n) is 4.30. The van der Waals surface area contributed by atoms with Crippen LogP contribution >= 0.6 is 0 Å². The molecule has 1 atom stereocenters. The Morgan fingerprint density at radius 1 is 1.16 bits per heavy atom. The molecule has 10 heteroatoms. The minimum atomic E-state index is -4.21. The van der Waals surface area contributed by atoms with Gasteiger partial charge in [-0.25, -0.2) is 9.97 Å². The van der Waals surface area contributed by atoms with E-state index in [2.05, 4.69) is 19.9 Å². The SMILES string of the molecule is O=CC1N(Cc2nc3ncccc3n2CCCC(F)(F)F)c2cnccc2N1C1CC1. The van der Waals surface area contributed by atoms with Crippen LogP contribution in [0.2, 0.25) is 0 Å². The molecule has 162 valence electrons. The molecule has 0 aromatic carbocycles. The number of imidazole rings is 1. The summed E-state index contributed by atoms with van der Waals surface area (Å²) in [4.78, 5) is 29.2. The van der Waals surface area contributed by atoms with E-state index in [1.807, 2.05) is 11.0 Å². The molecule has 1 fully saturated rings. The van der Waals surface area contributed by atoms with Crippen LogP contribution in [-0.2, 0) is 17.9 Å². The second-order valence-electron chi connectivity index (χ2n) is 7.92. The second kappa shape index (κ2) is 7.51. The summed E-state index contributed by atoms with van der Waals surface area (Å²) in [6.45, 7) is 0.441. The average molecular weight is 430 g/mol. The number of nitrogens with zero attached hydrogens (tertiary/aromatic N) is 6. The Hall–Kier alpha value is -3.17. The van der Waals surface area contributed by atoms with Crippen LogP contribution in [0.15, 0.2) is 36.8 Å². The van der Waals surface area contributed by atoms with Gasteiger partial charge in [-0.2, -0.15) is 13.2 Å². The van der Waals surface area contributed by atoms with E-state index >= 15 is 0 Å². The molecular formula is C21H21F3N6O. The molecule has 0 bridgehead atoms. The largest absolute Gasteiger partial charge is 0.389 e. The number of hydrogen-bond donors (Lipinski definition) is 0. The summed E-state index contributed by atoms with van der Waals surface area (Å²) in [5.74, 6) is 0.579. The van der Waals surface area contributed by atoms with E-state index in [0.717, 1.165) is 30.5 Å². The number of aromatic nitrogens is 4. The highest BCUT2D eigenvalue weighted by Crippen LogP contribution is 2.45. The van der Waals surface area contributed by atoms with Gasteiger partial charge < -0.3 is 14.4 Å². The first-order valence-corrected chi connectivity index (χ1v) is 10.3. The Kier molecular flexibility index (Phi) is 4.79. The summed E-state index contributed by atoms with van der Waals surface area (Å²) >= 11 is 0. The number of hydrogen-bond acceptors (Lipinski definition) is 6. The van der Waals surface area contributed by atoms with Crippen molar-refractivity contribution in [3.8, 4) is 0 Å². The summed E-state index contributed by atoms with van der Waals surface area (Å²) in [5, 5.41) is 0. The second-order valence-corrected chi connectivity index (χ2v) is 7.92. The minimum Gasteiger partial charge on any atom is -0.340 e. The molecule has 1 unspecified atom stereocenters. The maximum atomic E-state index is 12.7. The summed E-state index contributed by atoms with van der Waals surface area (Å²) in [6, 6.07) is 5.76. The molecule has 0 radical (unpaired) electrons. The average Bonchev–Trinajstić information content (AvgIpc) is 3.46. The number of aldehydes is 1. The highest BCUT2D eigenvalue weighted by Gasteiger charge is 2.44. The summed E-state index contributed by atoms with van der Waals surface area (Å²) < 4.78 is 39.9. The zero-order valence-electron chi connectivity index (χ0n) is 16.7. The Bertz CT molecular complexity index is 1110. The maximum absolute atomic E-state index is 12.7. The molecule has 4 heterocycles. The molecule has 0 amide bonds. The summed E-state index contributed by atoms with van der Waals surface area (Å²) in [7, 11) is 0. The Morgan fingerprint density at radius 2 is 2.00 bits per heavy atom. The van der Waals surface area contributed by atoms with Crippen LogP contribution in [0.5, 0.6) is 0 Å². The van der Waals surface area contributed by atoms with Crippen LogP contribution in [0.1, 0.15) is 31.5 Å². The maximum Gasteiger partial charge on any atom is 0.389 e. The number of rotatable bonds is 7. The predicted molar refractivity (Wildman–Crippen MR) is 109 cm³/mol. The van der Waals surface area contributed by atoms with Crippen molar-refractivity contribution in [3.63, 3.8) is 0 Å². The lowest BCUT2D eigenvalue weighted by molar-refractivity contribution is -0.135. The normalized spacial score (nSPS) is 18.6. The van der Waals surface area contributed by atoms with Gasteiger partial charge >= 0.3 is 6.18 Å². The van der Waals surface area contributed by atoms with E-state index in [0.29, 0.717) is 23.0 Å². The molecule has 31 heavy (non-hydrogen) atoms. The number of pyridine rings is 2.